The predicted molar refractivity (Wildman–Crippen MR) is 126 cm³/mol. The van der Waals surface area contributed by atoms with Gasteiger partial charge < -0.3 is 16.4 Å². The van der Waals surface area contributed by atoms with Crippen LogP contribution in [0.5, 0.6) is 0 Å². The molecule has 0 spiro atoms. The third kappa shape index (κ3) is 7.40. The number of hydrogen-bond acceptors (Lipinski definition) is 3. The van der Waals surface area contributed by atoms with E-state index in [4.69, 9.17) is 10.7 Å². The molecule has 1 amide bonds. The Kier molecular flexibility index (Phi) is 8.47. The number of rotatable bonds is 8. The van der Waals surface area contributed by atoms with E-state index >= 15 is 0 Å². The Balaban J connectivity index is 1.57. The van der Waals surface area contributed by atoms with Crippen LogP contribution < -0.4 is 16.4 Å². The highest BCUT2D eigenvalue weighted by Gasteiger charge is 2.23. The Morgan fingerprint density at radius 3 is 2.65 bits per heavy atom. The number of hydrogen-bond donors (Lipinski definition) is 3. The lowest BCUT2D eigenvalue weighted by Gasteiger charge is -2.31. The Morgan fingerprint density at radius 2 is 1.90 bits per heavy atom. The van der Waals surface area contributed by atoms with Crippen LogP contribution in [-0.4, -0.2) is 36.4 Å². The summed E-state index contributed by atoms with van der Waals surface area (Å²) in [4.78, 5) is 18.6. The molecule has 0 saturated carbocycles. The summed E-state index contributed by atoms with van der Waals surface area (Å²) in [6.07, 6.45) is 1.93. The molecule has 1 heterocycles. The van der Waals surface area contributed by atoms with Crippen molar-refractivity contribution in [1.82, 2.24) is 15.5 Å². The number of carbonyl (C=O) groups excluding carboxylic acids is 1. The smallest absolute Gasteiger partial charge is 0.221 e. The van der Waals surface area contributed by atoms with Gasteiger partial charge in [-0.3, -0.25) is 9.69 Å². The van der Waals surface area contributed by atoms with Gasteiger partial charge in [-0.05, 0) is 49.9 Å². The van der Waals surface area contributed by atoms with Gasteiger partial charge in [-0.2, -0.15) is 0 Å². The van der Waals surface area contributed by atoms with E-state index in [1.807, 2.05) is 0 Å². The van der Waals surface area contributed by atoms with Gasteiger partial charge in [0.1, 0.15) is 0 Å². The minimum atomic E-state index is -0.179. The number of benzene rings is 2. The monoisotopic (exact) mass is 421 g/mol. The summed E-state index contributed by atoms with van der Waals surface area (Å²) in [6, 6.07) is 17.1. The first kappa shape index (κ1) is 22.8. The highest BCUT2D eigenvalue weighted by atomic mass is 16.1. The first-order valence-corrected chi connectivity index (χ1v) is 11.2. The average molecular weight is 422 g/mol. The van der Waals surface area contributed by atoms with Gasteiger partial charge in [0.05, 0.1) is 12.5 Å². The van der Waals surface area contributed by atoms with Crippen molar-refractivity contribution in [2.24, 2.45) is 16.6 Å². The van der Waals surface area contributed by atoms with Gasteiger partial charge in [0.2, 0.25) is 5.91 Å². The molecular formula is C25H35N5O. The van der Waals surface area contributed by atoms with Crippen molar-refractivity contribution < 1.29 is 4.79 Å². The number of nitrogens with one attached hydrogen (secondary N) is 2. The molecular weight excluding hydrogens is 386 g/mol. The molecule has 3 rings (SSSR count). The number of carbonyl (C=O) groups is 1. The number of primary amides is 1. The SMILES string of the molecule is CCNC(=NCc1cccc(CN2CCCC(C(N)=O)C2)c1)NCc1ccc(C)cc1. The Labute approximate surface area is 185 Å². The van der Waals surface area contributed by atoms with E-state index in [-0.39, 0.29) is 11.8 Å². The van der Waals surface area contributed by atoms with E-state index in [1.165, 1.54) is 22.3 Å². The van der Waals surface area contributed by atoms with Crippen molar-refractivity contribution in [3.8, 4) is 0 Å². The molecule has 2 aromatic rings. The fraction of sp³-hybridized carbons (Fsp3) is 0.440. The number of aliphatic imine (C=N–C) groups is 1. The van der Waals surface area contributed by atoms with Gasteiger partial charge in [-0.1, -0.05) is 54.1 Å². The highest BCUT2D eigenvalue weighted by molar-refractivity contribution is 5.79. The molecule has 4 N–H and O–H groups in total. The Hall–Kier alpha value is -2.86. The number of nitrogens with two attached hydrogens (primary N) is 1. The second-order valence-corrected chi connectivity index (χ2v) is 8.33. The van der Waals surface area contributed by atoms with Crippen molar-refractivity contribution in [3.05, 3.63) is 70.8 Å². The number of piperidine rings is 1. The van der Waals surface area contributed by atoms with Crippen molar-refractivity contribution >= 4 is 11.9 Å². The van der Waals surface area contributed by atoms with Crippen LogP contribution in [0.25, 0.3) is 0 Å². The van der Waals surface area contributed by atoms with Gasteiger partial charge in [-0.15, -0.1) is 0 Å². The van der Waals surface area contributed by atoms with E-state index in [0.29, 0.717) is 6.54 Å². The Morgan fingerprint density at radius 1 is 1.13 bits per heavy atom. The average Bonchev–Trinajstić information content (AvgIpc) is 2.77. The Bertz CT molecular complexity index is 878. The molecule has 1 fully saturated rings. The maximum atomic E-state index is 11.5. The number of amides is 1. The molecule has 1 saturated heterocycles. The van der Waals surface area contributed by atoms with E-state index in [1.54, 1.807) is 0 Å². The minimum Gasteiger partial charge on any atom is -0.369 e. The molecule has 6 heteroatoms. The van der Waals surface area contributed by atoms with Crippen molar-refractivity contribution in [2.75, 3.05) is 19.6 Å². The zero-order valence-electron chi connectivity index (χ0n) is 18.7. The maximum Gasteiger partial charge on any atom is 0.221 e. The number of guanidine groups is 1. The van der Waals surface area contributed by atoms with Gasteiger partial charge >= 0.3 is 0 Å². The summed E-state index contributed by atoms with van der Waals surface area (Å²) in [6.45, 7) is 8.94. The summed E-state index contributed by atoms with van der Waals surface area (Å²) in [5.41, 5.74) is 10.4. The van der Waals surface area contributed by atoms with E-state index in [0.717, 1.165) is 51.5 Å². The van der Waals surface area contributed by atoms with Crippen LogP contribution in [-0.2, 0) is 24.4 Å². The molecule has 2 aromatic carbocycles. The molecule has 166 valence electrons. The third-order valence-electron chi connectivity index (χ3n) is 5.65. The van der Waals surface area contributed by atoms with Crippen molar-refractivity contribution in [3.63, 3.8) is 0 Å². The molecule has 0 aromatic heterocycles. The van der Waals surface area contributed by atoms with Crippen LogP contribution in [0, 0.1) is 12.8 Å². The van der Waals surface area contributed by atoms with Crippen LogP contribution in [0.15, 0.2) is 53.5 Å². The number of likely N-dealkylation sites (tertiary alicyclic amines) is 1. The lowest BCUT2D eigenvalue weighted by molar-refractivity contribution is -0.123. The largest absolute Gasteiger partial charge is 0.369 e. The van der Waals surface area contributed by atoms with Crippen LogP contribution in [0.4, 0.5) is 0 Å². The second-order valence-electron chi connectivity index (χ2n) is 8.33. The highest BCUT2D eigenvalue weighted by Crippen LogP contribution is 2.19. The van der Waals surface area contributed by atoms with Crippen molar-refractivity contribution in [2.45, 2.75) is 46.3 Å². The third-order valence-corrected chi connectivity index (χ3v) is 5.65. The summed E-state index contributed by atoms with van der Waals surface area (Å²) < 4.78 is 0. The molecule has 1 unspecified atom stereocenters. The lowest BCUT2D eigenvalue weighted by Crippen LogP contribution is -2.40. The van der Waals surface area contributed by atoms with E-state index in [9.17, 15) is 4.79 Å². The summed E-state index contributed by atoms with van der Waals surface area (Å²) in [7, 11) is 0. The molecule has 31 heavy (non-hydrogen) atoms. The molecule has 0 aliphatic carbocycles. The summed E-state index contributed by atoms with van der Waals surface area (Å²) in [5, 5.41) is 6.73. The standard InChI is InChI=1S/C25H35N5O/c1-3-27-25(28-15-20-11-9-19(2)10-12-20)29-16-21-6-4-7-22(14-21)17-30-13-5-8-23(18-30)24(26)31/h4,6-7,9-12,14,23H,3,5,8,13,15-18H2,1-2H3,(H2,26,31)(H2,27,28,29). The second kappa shape index (κ2) is 11.5. The van der Waals surface area contributed by atoms with Gasteiger partial charge in [-0.25, -0.2) is 4.99 Å². The van der Waals surface area contributed by atoms with E-state index in [2.05, 4.69) is 77.9 Å². The molecule has 1 aliphatic heterocycles. The van der Waals surface area contributed by atoms with Crippen LogP contribution in [0.1, 0.15) is 42.0 Å². The molecule has 0 bridgehead atoms. The van der Waals surface area contributed by atoms with Crippen molar-refractivity contribution in [1.29, 1.82) is 0 Å². The molecule has 1 atom stereocenters. The lowest BCUT2D eigenvalue weighted by atomic mass is 9.97. The van der Waals surface area contributed by atoms with Gasteiger partial charge in [0, 0.05) is 26.2 Å². The number of nitrogens with zero attached hydrogens (tertiary/aromatic N) is 2. The molecule has 6 nitrogen and oxygen atoms in total. The van der Waals surface area contributed by atoms with Crippen LogP contribution in [0.2, 0.25) is 0 Å². The number of aryl methyl sites for hydroxylation is 1. The summed E-state index contributed by atoms with van der Waals surface area (Å²) in [5.74, 6) is 0.611. The molecule has 1 aliphatic rings. The zero-order valence-corrected chi connectivity index (χ0v) is 18.7. The molecule has 0 radical (unpaired) electrons. The minimum absolute atomic E-state index is 0.0242. The predicted octanol–water partition coefficient (Wildman–Crippen LogP) is 2.95. The fourth-order valence-electron chi connectivity index (χ4n) is 3.92. The van der Waals surface area contributed by atoms with Gasteiger partial charge in [0.15, 0.2) is 5.96 Å². The normalized spacial score (nSPS) is 17.4. The zero-order chi connectivity index (χ0) is 22.1. The quantitative estimate of drug-likeness (QED) is 0.452. The van der Waals surface area contributed by atoms with Crippen LogP contribution >= 0.6 is 0 Å². The fourth-order valence-corrected chi connectivity index (χ4v) is 3.92. The first-order chi connectivity index (χ1) is 15.0. The van der Waals surface area contributed by atoms with Gasteiger partial charge in [0.25, 0.3) is 0 Å². The first-order valence-electron chi connectivity index (χ1n) is 11.2. The van der Waals surface area contributed by atoms with E-state index < -0.39 is 0 Å². The topological polar surface area (TPSA) is 82.8 Å². The maximum absolute atomic E-state index is 11.5. The summed E-state index contributed by atoms with van der Waals surface area (Å²) >= 11 is 0. The van der Waals surface area contributed by atoms with Crippen LogP contribution in [0.3, 0.4) is 0 Å².